The third-order valence-electron chi connectivity index (χ3n) is 6.75. The van der Waals surface area contributed by atoms with E-state index in [1.54, 1.807) is 31.2 Å². The van der Waals surface area contributed by atoms with Gasteiger partial charge < -0.3 is 15.0 Å². The SMILES string of the molecule is COc1ccc(N(CC(=O)N(Cc2ccccc2Cl)[C@@H](C)C(=O)NCC(C)C)S(=O)(=O)c2ccc(C)c([N+](=O)[O-])c2)cc1. The molecule has 1 atom stereocenters. The zero-order valence-corrected chi connectivity index (χ0v) is 26.2. The van der Waals surface area contributed by atoms with E-state index in [-0.39, 0.29) is 34.3 Å². The predicted octanol–water partition coefficient (Wildman–Crippen LogP) is 4.95. The van der Waals surface area contributed by atoms with Crippen LogP contribution in [0.3, 0.4) is 0 Å². The summed E-state index contributed by atoms with van der Waals surface area (Å²) in [5.74, 6) is -0.484. The van der Waals surface area contributed by atoms with Crippen LogP contribution in [0.2, 0.25) is 5.02 Å². The van der Waals surface area contributed by atoms with Gasteiger partial charge in [0.1, 0.15) is 18.3 Å². The molecule has 0 fully saturated rings. The number of hydrogen-bond acceptors (Lipinski definition) is 7. The Morgan fingerprint density at radius 2 is 1.70 bits per heavy atom. The molecule has 0 aliphatic carbocycles. The summed E-state index contributed by atoms with van der Waals surface area (Å²) in [6.45, 7) is 6.53. The number of sulfonamides is 1. The maximum absolute atomic E-state index is 14.0. The van der Waals surface area contributed by atoms with Crippen LogP contribution in [0.5, 0.6) is 5.75 Å². The number of ether oxygens (including phenoxy) is 1. The van der Waals surface area contributed by atoms with Crippen molar-refractivity contribution in [3.63, 3.8) is 0 Å². The first-order valence-electron chi connectivity index (χ1n) is 13.5. The van der Waals surface area contributed by atoms with E-state index in [0.717, 1.165) is 10.4 Å². The highest BCUT2D eigenvalue weighted by molar-refractivity contribution is 7.92. The molecule has 0 radical (unpaired) electrons. The first-order chi connectivity index (χ1) is 20.3. The number of methoxy groups -OCH3 is 1. The zero-order valence-electron chi connectivity index (χ0n) is 24.6. The van der Waals surface area contributed by atoms with Crippen molar-refractivity contribution >= 4 is 44.8 Å². The van der Waals surface area contributed by atoms with Gasteiger partial charge in [-0.3, -0.25) is 24.0 Å². The Balaban J connectivity index is 2.09. The van der Waals surface area contributed by atoms with Crippen LogP contribution in [0, 0.1) is 23.0 Å². The Morgan fingerprint density at radius 3 is 2.28 bits per heavy atom. The normalized spacial score (nSPS) is 12.0. The van der Waals surface area contributed by atoms with E-state index in [4.69, 9.17) is 16.3 Å². The number of carbonyl (C=O) groups excluding carboxylic acids is 2. The second-order valence-electron chi connectivity index (χ2n) is 10.3. The molecule has 0 saturated carbocycles. The van der Waals surface area contributed by atoms with E-state index in [1.165, 1.54) is 55.3 Å². The fourth-order valence-corrected chi connectivity index (χ4v) is 5.83. The molecule has 43 heavy (non-hydrogen) atoms. The van der Waals surface area contributed by atoms with E-state index < -0.39 is 39.3 Å². The fourth-order valence-electron chi connectivity index (χ4n) is 4.20. The molecule has 0 spiro atoms. The second-order valence-corrected chi connectivity index (χ2v) is 12.6. The number of halogens is 1. The Bertz CT molecular complexity index is 1580. The number of rotatable bonds is 13. The Kier molecular flexibility index (Phi) is 11.1. The van der Waals surface area contributed by atoms with Crippen molar-refractivity contribution in [1.82, 2.24) is 10.2 Å². The standard InChI is InChI=1S/C30H35ClN4O7S/c1-20(2)17-32-30(37)22(4)33(18-23-8-6-7-9-27(23)31)29(36)19-34(24-11-13-25(42-5)14-12-24)43(40,41)26-15-10-21(3)28(16-26)35(38)39/h6-16,20,22H,17-19H2,1-5H3,(H,32,37)/t22-/m0/s1. The predicted molar refractivity (Wildman–Crippen MR) is 165 cm³/mol. The van der Waals surface area contributed by atoms with E-state index in [1.807, 2.05) is 13.8 Å². The molecule has 3 aromatic carbocycles. The summed E-state index contributed by atoms with van der Waals surface area (Å²) in [6, 6.07) is 15.4. The summed E-state index contributed by atoms with van der Waals surface area (Å²) in [5, 5.41) is 14.8. The Morgan fingerprint density at radius 1 is 1.05 bits per heavy atom. The van der Waals surface area contributed by atoms with Gasteiger partial charge >= 0.3 is 0 Å². The highest BCUT2D eigenvalue weighted by Crippen LogP contribution is 2.30. The lowest BCUT2D eigenvalue weighted by Crippen LogP contribution is -2.51. The van der Waals surface area contributed by atoms with Crippen LogP contribution in [-0.2, 0) is 26.2 Å². The molecule has 0 bridgehead atoms. The molecule has 3 aromatic rings. The Labute approximate surface area is 256 Å². The molecule has 3 rings (SSSR count). The maximum atomic E-state index is 14.0. The van der Waals surface area contributed by atoms with Crippen LogP contribution in [0.4, 0.5) is 11.4 Å². The minimum absolute atomic E-state index is 0.0682. The van der Waals surface area contributed by atoms with Crippen LogP contribution in [0.15, 0.2) is 71.6 Å². The third-order valence-corrected chi connectivity index (χ3v) is 8.89. The average molecular weight is 631 g/mol. The van der Waals surface area contributed by atoms with Gasteiger partial charge in [0.2, 0.25) is 11.8 Å². The van der Waals surface area contributed by atoms with E-state index in [2.05, 4.69) is 5.32 Å². The number of amides is 2. The van der Waals surface area contributed by atoms with Crippen molar-refractivity contribution < 1.29 is 27.7 Å². The first-order valence-corrected chi connectivity index (χ1v) is 15.3. The smallest absolute Gasteiger partial charge is 0.273 e. The van der Waals surface area contributed by atoms with Gasteiger partial charge in [-0.05, 0) is 61.7 Å². The van der Waals surface area contributed by atoms with Gasteiger partial charge in [0.05, 0.1) is 22.6 Å². The number of nitrogens with zero attached hydrogens (tertiary/aromatic N) is 3. The lowest BCUT2D eigenvalue weighted by atomic mass is 10.1. The molecule has 0 aliphatic heterocycles. The number of nitro groups is 1. The molecule has 11 nitrogen and oxygen atoms in total. The van der Waals surface area contributed by atoms with Crippen LogP contribution in [0.25, 0.3) is 0 Å². The lowest BCUT2D eigenvalue weighted by Gasteiger charge is -2.32. The number of benzene rings is 3. The lowest BCUT2D eigenvalue weighted by molar-refractivity contribution is -0.385. The summed E-state index contributed by atoms with van der Waals surface area (Å²) >= 11 is 6.38. The average Bonchev–Trinajstić information content (AvgIpc) is 2.97. The molecule has 13 heteroatoms. The van der Waals surface area contributed by atoms with Gasteiger partial charge in [-0.15, -0.1) is 0 Å². The molecule has 0 heterocycles. The van der Waals surface area contributed by atoms with Crippen molar-refractivity contribution in [2.45, 2.75) is 45.2 Å². The maximum Gasteiger partial charge on any atom is 0.273 e. The van der Waals surface area contributed by atoms with Crippen LogP contribution in [-0.4, -0.2) is 56.3 Å². The van der Waals surface area contributed by atoms with Gasteiger partial charge in [-0.2, -0.15) is 0 Å². The van der Waals surface area contributed by atoms with Crippen LogP contribution in [0.1, 0.15) is 31.9 Å². The van der Waals surface area contributed by atoms with Crippen molar-refractivity contribution in [3.8, 4) is 5.75 Å². The summed E-state index contributed by atoms with van der Waals surface area (Å²) in [4.78, 5) is 38.9. The molecule has 0 aromatic heterocycles. The number of carbonyl (C=O) groups is 2. The van der Waals surface area contributed by atoms with Crippen LogP contribution >= 0.6 is 11.6 Å². The van der Waals surface area contributed by atoms with E-state index in [9.17, 15) is 28.1 Å². The summed E-state index contributed by atoms with van der Waals surface area (Å²) in [6.07, 6.45) is 0. The van der Waals surface area contributed by atoms with Crippen molar-refractivity contribution in [3.05, 3.63) is 93.0 Å². The molecule has 2 amide bonds. The minimum Gasteiger partial charge on any atom is -0.497 e. The summed E-state index contributed by atoms with van der Waals surface area (Å²) < 4.78 is 34.1. The van der Waals surface area contributed by atoms with Gasteiger partial charge in [0.15, 0.2) is 0 Å². The van der Waals surface area contributed by atoms with E-state index >= 15 is 0 Å². The number of anilines is 1. The summed E-state index contributed by atoms with van der Waals surface area (Å²) in [7, 11) is -3.05. The van der Waals surface area contributed by atoms with Crippen LogP contribution < -0.4 is 14.4 Å². The zero-order chi connectivity index (χ0) is 31.9. The molecule has 230 valence electrons. The number of hydrogen-bond donors (Lipinski definition) is 1. The summed E-state index contributed by atoms with van der Waals surface area (Å²) in [5.41, 5.74) is 0.585. The highest BCUT2D eigenvalue weighted by atomic mass is 35.5. The molecule has 0 aliphatic rings. The van der Waals surface area contributed by atoms with Crippen molar-refractivity contribution in [2.24, 2.45) is 5.92 Å². The van der Waals surface area contributed by atoms with Gasteiger partial charge in [-0.25, -0.2) is 8.42 Å². The molecule has 0 saturated heterocycles. The van der Waals surface area contributed by atoms with Crippen molar-refractivity contribution in [1.29, 1.82) is 0 Å². The number of nitro benzene ring substituents is 1. The molecule has 0 unspecified atom stereocenters. The van der Waals surface area contributed by atoms with Gasteiger partial charge in [0, 0.05) is 29.7 Å². The molecular weight excluding hydrogens is 596 g/mol. The third kappa shape index (κ3) is 8.23. The first kappa shape index (κ1) is 33.3. The fraction of sp³-hybridized carbons (Fsp3) is 0.333. The largest absolute Gasteiger partial charge is 0.497 e. The van der Waals surface area contributed by atoms with Crippen molar-refractivity contribution in [2.75, 3.05) is 24.5 Å². The topological polar surface area (TPSA) is 139 Å². The monoisotopic (exact) mass is 630 g/mol. The molecular formula is C30H35ClN4O7S. The number of aryl methyl sites for hydroxylation is 1. The van der Waals surface area contributed by atoms with Gasteiger partial charge in [-0.1, -0.05) is 49.7 Å². The quantitative estimate of drug-likeness (QED) is 0.208. The second kappa shape index (κ2) is 14.3. The van der Waals surface area contributed by atoms with Gasteiger partial charge in [0.25, 0.3) is 15.7 Å². The molecule has 1 N–H and O–H groups in total. The Hall–Kier alpha value is -4.16. The van der Waals surface area contributed by atoms with E-state index in [0.29, 0.717) is 22.9 Å². The number of nitrogens with one attached hydrogen (secondary N) is 1. The highest BCUT2D eigenvalue weighted by Gasteiger charge is 2.33. The minimum atomic E-state index is -4.51.